The Balaban J connectivity index is 3.45. The van der Waals surface area contributed by atoms with E-state index in [1.807, 2.05) is 12.2 Å². The van der Waals surface area contributed by atoms with Crippen molar-refractivity contribution < 1.29 is 0 Å². The van der Waals surface area contributed by atoms with Crippen LogP contribution in [0.25, 0.3) is 0 Å². The molecule has 0 rings (SSSR count). The van der Waals surface area contributed by atoms with Gasteiger partial charge in [-0.05, 0) is 26.2 Å². The summed E-state index contributed by atoms with van der Waals surface area (Å²) in [6, 6.07) is 0. The van der Waals surface area contributed by atoms with Crippen LogP contribution in [0, 0.1) is 0 Å². The van der Waals surface area contributed by atoms with Gasteiger partial charge in [0.2, 0.25) is 0 Å². The molecule has 0 atom stereocenters. The zero-order valence-corrected chi connectivity index (χ0v) is 8.34. The van der Waals surface area contributed by atoms with Crippen LogP contribution in [0.4, 0.5) is 0 Å². The smallest absolute Gasteiger partial charge is 0.0313 e. The van der Waals surface area contributed by atoms with Crippen molar-refractivity contribution in [1.82, 2.24) is 0 Å². The van der Waals surface area contributed by atoms with Crippen molar-refractivity contribution in [3.05, 3.63) is 36.5 Å². The van der Waals surface area contributed by atoms with Crippen LogP contribution in [0.2, 0.25) is 0 Å². The van der Waals surface area contributed by atoms with Crippen LogP contribution in [0.3, 0.4) is 0 Å². The molecule has 0 fully saturated rings. The van der Waals surface area contributed by atoms with Gasteiger partial charge in [-0.2, -0.15) is 0 Å². The highest BCUT2D eigenvalue weighted by Crippen LogP contribution is 2.05. The molecule has 0 aliphatic carbocycles. The molecule has 0 aromatic rings. The predicted molar refractivity (Wildman–Crippen MR) is 57.2 cm³/mol. The molecular weight excluding hydrogens is 144 g/mol. The first-order chi connectivity index (χ1) is 5.81. The van der Waals surface area contributed by atoms with Gasteiger partial charge in [0.1, 0.15) is 0 Å². The summed E-state index contributed by atoms with van der Waals surface area (Å²) in [7, 11) is 0. The highest BCUT2D eigenvalue weighted by atomic mass is 13.9. The second-order valence-electron chi connectivity index (χ2n) is 3.04. The lowest BCUT2D eigenvalue weighted by atomic mass is 10.1. The van der Waals surface area contributed by atoms with E-state index < -0.39 is 0 Å². The Morgan fingerprint density at radius 3 is 2.67 bits per heavy atom. The van der Waals surface area contributed by atoms with E-state index in [1.54, 1.807) is 0 Å². The van der Waals surface area contributed by atoms with Crippen LogP contribution >= 0.6 is 0 Å². The molecule has 0 aromatic heterocycles. The molecule has 0 amide bonds. The number of unbranched alkanes of at least 4 members (excludes halogenated alkanes) is 1. The number of hydrogen-bond donors (Lipinski definition) is 0. The minimum Gasteiger partial charge on any atom is -0.0991 e. The molecular formula is C12H20. The fourth-order valence-electron chi connectivity index (χ4n) is 1.11. The summed E-state index contributed by atoms with van der Waals surface area (Å²) >= 11 is 0. The molecule has 0 aliphatic rings. The summed E-state index contributed by atoms with van der Waals surface area (Å²) in [5, 5.41) is 0. The van der Waals surface area contributed by atoms with Crippen molar-refractivity contribution in [3.8, 4) is 0 Å². The van der Waals surface area contributed by atoms with Gasteiger partial charge in [-0.3, -0.25) is 0 Å². The molecule has 12 heavy (non-hydrogen) atoms. The second kappa shape index (κ2) is 8.32. The van der Waals surface area contributed by atoms with E-state index in [-0.39, 0.29) is 0 Å². The van der Waals surface area contributed by atoms with Crippen molar-refractivity contribution in [2.75, 3.05) is 0 Å². The largest absolute Gasteiger partial charge is 0.0991 e. The van der Waals surface area contributed by atoms with Crippen molar-refractivity contribution in [1.29, 1.82) is 0 Å². The molecule has 0 heteroatoms. The van der Waals surface area contributed by atoms with Crippen molar-refractivity contribution in [3.63, 3.8) is 0 Å². The first-order valence-electron chi connectivity index (χ1n) is 4.74. The Morgan fingerprint density at radius 2 is 2.08 bits per heavy atom. The summed E-state index contributed by atoms with van der Waals surface area (Å²) < 4.78 is 0. The average molecular weight is 164 g/mol. The maximum absolute atomic E-state index is 3.62. The fourth-order valence-corrected chi connectivity index (χ4v) is 1.11. The predicted octanol–water partition coefficient (Wildman–Crippen LogP) is 4.26. The van der Waals surface area contributed by atoms with Crippen molar-refractivity contribution in [2.45, 2.75) is 39.5 Å². The van der Waals surface area contributed by atoms with E-state index in [0.29, 0.717) is 0 Å². The summed E-state index contributed by atoms with van der Waals surface area (Å²) in [4.78, 5) is 0. The highest BCUT2D eigenvalue weighted by molar-refractivity contribution is 5.01. The zero-order chi connectivity index (χ0) is 9.23. The maximum Gasteiger partial charge on any atom is -0.0313 e. The molecule has 0 saturated heterocycles. The van der Waals surface area contributed by atoms with Crippen molar-refractivity contribution in [2.24, 2.45) is 0 Å². The van der Waals surface area contributed by atoms with E-state index in [9.17, 15) is 0 Å². The van der Waals surface area contributed by atoms with E-state index in [1.165, 1.54) is 18.4 Å². The van der Waals surface area contributed by atoms with Gasteiger partial charge in [-0.25, -0.2) is 0 Å². The van der Waals surface area contributed by atoms with Gasteiger partial charge in [-0.15, -0.1) is 0 Å². The van der Waals surface area contributed by atoms with Crippen LogP contribution in [-0.4, -0.2) is 0 Å². The maximum atomic E-state index is 3.62. The van der Waals surface area contributed by atoms with E-state index in [2.05, 4.69) is 32.6 Å². The Hall–Kier alpha value is -0.780. The Labute approximate surface area is 76.7 Å². The normalized spacial score (nSPS) is 12.3. The Morgan fingerprint density at radius 1 is 1.33 bits per heavy atom. The lowest BCUT2D eigenvalue weighted by molar-refractivity contribution is 0.888. The van der Waals surface area contributed by atoms with Gasteiger partial charge in [0.15, 0.2) is 0 Å². The standard InChI is InChI=1S/C12H20/c1-4-6-7-8-9-11-12(3)10-5-2/h4,6-7,11H,1,5,8-10H2,2-3H3. The molecule has 0 unspecified atom stereocenters. The summed E-state index contributed by atoms with van der Waals surface area (Å²) in [5.74, 6) is 0. The third-order valence-corrected chi connectivity index (χ3v) is 1.74. The second-order valence-corrected chi connectivity index (χ2v) is 3.04. The molecule has 0 N–H and O–H groups in total. The number of hydrogen-bond acceptors (Lipinski definition) is 0. The summed E-state index contributed by atoms with van der Waals surface area (Å²) in [5.41, 5.74) is 1.52. The average Bonchev–Trinajstić information content (AvgIpc) is 2.05. The quantitative estimate of drug-likeness (QED) is 0.313. The van der Waals surface area contributed by atoms with Crippen LogP contribution in [0.1, 0.15) is 39.5 Å². The number of rotatable bonds is 6. The molecule has 68 valence electrons. The molecule has 0 heterocycles. The lowest BCUT2D eigenvalue weighted by Crippen LogP contribution is -1.75. The Kier molecular flexibility index (Phi) is 7.78. The zero-order valence-electron chi connectivity index (χ0n) is 8.34. The molecule has 0 aliphatic heterocycles. The molecule has 0 radical (unpaired) electrons. The molecule has 0 bridgehead atoms. The topological polar surface area (TPSA) is 0 Å². The number of allylic oxidation sites excluding steroid dienone is 5. The minimum atomic E-state index is 1.13. The van der Waals surface area contributed by atoms with E-state index in [4.69, 9.17) is 0 Å². The molecule has 0 spiro atoms. The highest BCUT2D eigenvalue weighted by Gasteiger charge is 1.85. The summed E-state index contributed by atoms with van der Waals surface area (Å²) in [6.45, 7) is 8.05. The SMILES string of the molecule is C=CC=CCCC=C(C)CCC. The first-order valence-corrected chi connectivity index (χ1v) is 4.74. The third kappa shape index (κ3) is 7.33. The first kappa shape index (κ1) is 11.2. The van der Waals surface area contributed by atoms with Gasteiger partial charge < -0.3 is 0 Å². The lowest BCUT2D eigenvalue weighted by Gasteiger charge is -1.95. The summed E-state index contributed by atoms with van der Waals surface area (Å²) in [6.07, 6.45) is 13.1. The molecule has 0 aromatic carbocycles. The third-order valence-electron chi connectivity index (χ3n) is 1.74. The van der Waals surface area contributed by atoms with Crippen LogP contribution in [0.5, 0.6) is 0 Å². The van der Waals surface area contributed by atoms with Gasteiger partial charge in [0.05, 0.1) is 0 Å². The fraction of sp³-hybridized carbons (Fsp3) is 0.500. The van der Waals surface area contributed by atoms with E-state index in [0.717, 1.165) is 12.8 Å². The van der Waals surface area contributed by atoms with Gasteiger partial charge in [0.25, 0.3) is 0 Å². The van der Waals surface area contributed by atoms with Crippen LogP contribution in [-0.2, 0) is 0 Å². The van der Waals surface area contributed by atoms with Crippen molar-refractivity contribution >= 4 is 0 Å². The minimum absolute atomic E-state index is 1.13. The van der Waals surface area contributed by atoms with Crippen LogP contribution in [0.15, 0.2) is 36.5 Å². The van der Waals surface area contributed by atoms with Gasteiger partial charge in [0, 0.05) is 0 Å². The van der Waals surface area contributed by atoms with Gasteiger partial charge in [-0.1, -0.05) is 49.8 Å². The van der Waals surface area contributed by atoms with E-state index >= 15 is 0 Å². The molecule has 0 nitrogen and oxygen atoms in total. The van der Waals surface area contributed by atoms with Crippen LogP contribution < -0.4 is 0 Å². The van der Waals surface area contributed by atoms with Gasteiger partial charge >= 0.3 is 0 Å². The molecule has 0 saturated carbocycles. The Bertz CT molecular complexity index is 161. The monoisotopic (exact) mass is 164 g/mol.